The van der Waals surface area contributed by atoms with Gasteiger partial charge in [-0.3, -0.25) is 0 Å². The fourth-order valence-electron chi connectivity index (χ4n) is 4.24. The Balaban J connectivity index is 2.06. The van der Waals surface area contributed by atoms with Gasteiger partial charge in [0.2, 0.25) is 0 Å². The molecule has 2 aliphatic carbocycles. The smallest absolute Gasteiger partial charge is 0.00704 e. The fraction of sp³-hybridized carbons (Fsp3) is 1.00. The van der Waals surface area contributed by atoms with Crippen LogP contribution >= 0.6 is 15.9 Å². The molecule has 2 fully saturated rings. The van der Waals surface area contributed by atoms with E-state index in [0.717, 1.165) is 11.8 Å². The lowest BCUT2D eigenvalue weighted by molar-refractivity contribution is 0.325. The van der Waals surface area contributed by atoms with Gasteiger partial charge >= 0.3 is 0 Å². The van der Waals surface area contributed by atoms with E-state index in [4.69, 9.17) is 0 Å². The first-order valence-corrected chi connectivity index (χ1v) is 7.76. The number of rotatable bonds is 2. The molecule has 0 saturated heterocycles. The second kappa shape index (κ2) is 4.05. The lowest BCUT2D eigenvalue weighted by Gasteiger charge is -2.18. The molecule has 0 amide bonds. The van der Waals surface area contributed by atoms with E-state index in [0.29, 0.717) is 10.8 Å². The lowest BCUT2D eigenvalue weighted by Crippen LogP contribution is -2.08. The second-order valence-corrected chi connectivity index (χ2v) is 6.94. The highest BCUT2D eigenvalue weighted by molar-refractivity contribution is 9.09. The Hall–Kier alpha value is 0.480. The van der Waals surface area contributed by atoms with Crippen molar-refractivity contribution in [1.29, 1.82) is 0 Å². The second-order valence-electron chi connectivity index (χ2n) is 6.29. The maximum atomic E-state index is 3.72. The number of hydrogen-bond acceptors (Lipinski definition) is 0. The summed E-state index contributed by atoms with van der Waals surface area (Å²) in [4.78, 5) is 0. The van der Waals surface area contributed by atoms with Crippen LogP contribution in [0.2, 0.25) is 0 Å². The molecule has 0 aromatic carbocycles. The first kappa shape index (κ1) is 12.0. The number of alkyl halides is 1. The molecule has 0 heterocycles. The van der Waals surface area contributed by atoms with Crippen molar-refractivity contribution in [3.8, 4) is 0 Å². The van der Waals surface area contributed by atoms with E-state index >= 15 is 0 Å². The highest BCUT2D eigenvalue weighted by Crippen LogP contribution is 2.74. The van der Waals surface area contributed by atoms with Crippen LogP contribution in [-0.2, 0) is 0 Å². The molecule has 88 valence electrons. The predicted octanol–water partition coefficient (Wildman–Crippen LogP) is 5.01. The molecule has 1 spiro atoms. The van der Waals surface area contributed by atoms with Crippen molar-refractivity contribution < 1.29 is 0 Å². The summed E-state index contributed by atoms with van der Waals surface area (Å²) in [5.41, 5.74) is 1.32. The van der Waals surface area contributed by atoms with Gasteiger partial charge in [-0.15, -0.1) is 0 Å². The zero-order valence-electron chi connectivity index (χ0n) is 10.5. The van der Waals surface area contributed by atoms with E-state index in [1.165, 1.54) is 43.9 Å². The molecule has 0 aliphatic heterocycles. The SMILES string of the molecule is CCC1CCCC2(CC1)C(CBr)C2(C)C. The van der Waals surface area contributed by atoms with Crippen LogP contribution in [0.15, 0.2) is 0 Å². The molecular formula is C14H25Br. The minimum absolute atomic E-state index is 0.610. The summed E-state index contributed by atoms with van der Waals surface area (Å²) in [6.45, 7) is 7.35. The topological polar surface area (TPSA) is 0 Å². The zero-order valence-corrected chi connectivity index (χ0v) is 12.1. The highest BCUT2D eigenvalue weighted by Gasteiger charge is 2.68. The minimum atomic E-state index is 0.610. The Morgan fingerprint density at radius 3 is 2.47 bits per heavy atom. The summed E-state index contributed by atoms with van der Waals surface area (Å²) in [6, 6.07) is 0. The summed E-state index contributed by atoms with van der Waals surface area (Å²) in [5, 5.41) is 1.22. The molecule has 3 atom stereocenters. The van der Waals surface area contributed by atoms with Crippen molar-refractivity contribution in [1.82, 2.24) is 0 Å². The summed E-state index contributed by atoms with van der Waals surface area (Å²) >= 11 is 3.72. The molecular weight excluding hydrogens is 248 g/mol. The van der Waals surface area contributed by atoms with E-state index in [1.807, 2.05) is 0 Å². The van der Waals surface area contributed by atoms with Gasteiger partial charge in [-0.2, -0.15) is 0 Å². The molecule has 3 unspecified atom stereocenters. The summed E-state index contributed by atoms with van der Waals surface area (Å²) in [6.07, 6.45) is 8.84. The third-order valence-corrected chi connectivity index (χ3v) is 6.35. The van der Waals surface area contributed by atoms with E-state index < -0.39 is 0 Å². The van der Waals surface area contributed by atoms with Crippen molar-refractivity contribution >= 4 is 15.9 Å². The molecule has 0 bridgehead atoms. The summed E-state index contributed by atoms with van der Waals surface area (Å²) in [7, 11) is 0. The largest absolute Gasteiger partial charge is 0.0925 e. The van der Waals surface area contributed by atoms with Gasteiger partial charge in [0.25, 0.3) is 0 Å². The lowest BCUT2D eigenvalue weighted by atomic mass is 9.87. The molecule has 0 N–H and O–H groups in total. The van der Waals surface area contributed by atoms with E-state index in [9.17, 15) is 0 Å². The molecule has 15 heavy (non-hydrogen) atoms. The van der Waals surface area contributed by atoms with Gasteiger partial charge in [-0.25, -0.2) is 0 Å². The van der Waals surface area contributed by atoms with Gasteiger partial charge in [0.1, 0.15) is 0 Å². The Kier molecular flexibility index (Phi) is 3.23. The van der Waals surface area contributed by atoms with Crippen LogP contribution in [0.1, 0.15) is 59.3 Å². The Bertz CT molecular complexity index is 233. The summed E-state index contributed by atoms with van der Waals surface area (Å²) in [5.74, 6) is 1.97. The third kappa shape index (κ3) is 1.69. The van der Waals surface area contributed by atoms with Crippen LogP contribution in [0.3, 0.4) is 0 Å². The minimum Gasteiger partial charge on any atom is -0.0925 e. The quantitative estimate of drug-likeness (QED) is 0.620. The van der Waals surface area contributed by atoms with Crippen molar-refractivity contribution in [3.05, 3.63) is 0 Å². The Morgan fingerprint density at radius 2 is 1.93 bits per heavy atom. The van der Waals surface area contributed by atoms with Crippen LogP contribution in [0.4, 0.5) is 0 Å². The van der Waals surface area contributed by atoms with E-state index in [2.05, 4.69) is 36.7 Å². The van der Waals surface area contributed by atoms with Gasteiger partial charge < -0.3 is 0 Å². The van der Waals surface area contributed by atoms with Crippen molar-refractivity contribution in [3.63, 3.8) is 0 Å². The fourth-order valence-corrected chi connectivity index (χ4v) is 5.67. The van der Waals surface area contributed by atoms with Gasteiger partial charge in [0.05, 0.1) is 0 Å². The Labute approximate surface area is 103 Å². The van der Waals surface area contributed by atoms with Crippen molar-refractivity contribution in [2.75, 3.05) is 5.33 Å². The summed E-state index contributed by atoms with van der Waals surface area (Å²) < 4.78 is 0. The zero-order chi connectivity index (χ0) is 11.1. The average Bonchev–Trinajstić information content (AvgIpc) is 2.77. The van der Waals surface area contributed by atoms with Gasteiger partial charge in [0, 0.05) is 5.33 Å². The molecule has 0 aromatic heterocycles. The predicted molar refractivity (Wildman–Crippen MR) is 70.4 cm³/mol. The van der Waals surface area contributed by atoms with E-state index in [1.54, 1.807) is 0 Å². The molecule has 1 heteroatoms. The molecule has 2 aliphatic rings. The average molecular weight is 273 g/mol. The van der Waals surface area contributed by atoms with Crippen molar-refractivity contribution in [2.24, 2.45) is 22.7 Å². The molecule has 0 nitrogen and oxygen atoms in total. The highest BCUT2D eigenvalue weighted by atomic mass is 79.9. The first-order valence-electron chi connectivity index (χ1n) is 6.64. The molecule has 0 radical (unpaired) electrons. The van der Waals surface area contributed by atoms with Crippen LogP contribution in [-0.4, -0.2) is 5.33 Å². The Morgan fingerprint density at radius 1 is 1.20 bits per heavy atom. The normalized spacial score (nSPS) is 44.0. The maximum Gasteiger partial charge on any atom is 0.00704 e. The number of halogens is 1. The molecule has 2 rings (SSSR count). The van der Waals surface area contributed by atoms with Crippen molar-refractivity contribution in [2.45, 2.75) is 59.3 Å². The molecule has 2 saturated carbocycles. The van der Waals surface area contributed by atoms with Crippen LogP contribution in [0, 0.1) is 22.7 Å². The number of hydrogen-bond donors (Lipinski definition) is 0. The third-order valence-electron chi connectivity index (χ3n) is 5.70. The first-order chi connectivity index (χ1) is 7.08. The molecule has 0 aromatic rings. The van der Waals surface area contributed by atoms with E-state index in [-0.39, 0.29) is 0 Å². The maximum absolute atomic E-state index is 3.72. The monoisotopic (exact) mass is 272 g/mol. The van der Waals surface area contributed by atoms with Crippen LogP contribution < -0.4 is 0 Å². The van der Waals surface area contributed by atoms with Gasteiger partial charge in [0.15, 0.2) is 0 Å². The van der Waals surface area contributed by atoms with Crippen LogP contribution in [0.25, 0.3) is 0 Å². The standard InChI is InChI=1S/C14H25Br/c1-4-11-6-5-8-14(9-7-11)12(10-15)13(14,2)3/h11-12H,4-10H2,1-3H3. The van der Waals surface area contributed by atoms with Gasteiger partial charge in [-0.05, 0) is 41.9 Å². The van der Waals surface area contributed by atoms with Crippen LogP contribution in [0.5, 0.6) is 0 Å². The van der Waals surface area contributed by atoms with Gasteiger partial charge in [-0.1, -0.05) is 56.0 Å².